The number of likely N-dealkylation sites (N-methyl/N-ethyl adjacent to an activating group) is 1. The van der Waals surface area contributed by atoms with Crippen molar-refractivity contribution in [2.24, 2.45) is 5.73 Å². The molecule has 0 aliphatic carbocycles. The number of halogens is 3. The molecule has 100 valence electrons. The van der Waals surface area contributed by atoms with Gasteiger partial charge in [0.15, 0.2) is 0 Å². The van der Waals surface area contributed by atoms with E-state index in [9.17, 15) is 13.2 Å². The fourth-order valence-corrected chi connectivity index (χ4v) is 2.54. The highest BCUT2D eigenvalue weighted by Gasteiger charge is 2.34. The number of nitrogens with two attached hydrogens (primary N) is 1. The first-order chi connectivity index (χ1) is 8.43. The Morgan fingerprint density at radius 1 is 1.39 bits per heavy atom. The summed E-state index contributed by atoms with van der Waals surface area (Å²) in [7, 11) is 1.91. The van der Waals surface area contributed by atoms with E-state index in [1.807, 2.05) is 11.9 Å². The smallest absolute Gasteiger partial charge is 0.374 e. The molecule has 1 heterocycles. The van der Waals surface area contributed by atoms with Crippen LogP contribution in [0.1, 0.15) is 29.9 Å². The summed E-state index contributed by atoms with van der Waals surface area (Å²) in [6, 6.07) is 4.02. The second-order valence-corrected chi connectivity index (χ2v) is 4.78. The van der Waals surface area contributed by atoms with E-state index in [1.54, 1.807) is 6.07 Å². The summed E-state index contributed by atoms with van der Waals surface area (Å²) < 4.78 is 38.1. The van der Waals surface area contributed by atoms with Gasteiger partial charge in [0.1, 0.15) is 0 Å². The van der Waals surface area contributed by atoms with Gasteiger partial charge in [-0.1, -0.05) is 0 Å². The van der Waals surface area contributed by atoms with Crippen molar-refractivity contribution in [3.63, 3.8) is 0 Å². The van der Waals surface area contributed by atoms with Gasteiger partial charge < -0.3 is 10.6 Å². The monoisotopic (exact) mass is 258 g/mol. The predicted octanol–water partition coefficient (Wildman–Crippen LogP) is 2.98. The van der Waals surface area contributed by atoms with Gasteiger partial charge in [-0.3, -0.25) is 0 Å². The Morgan fingerprint density at radius 3 is 2.72 bits per heavy atom. The van der Waals surface area contributed by atoms with E-state index in [2.05, 4.69) is 0 Å². The maximum absolute atomic E-state index is 12.7. The lowest BCUT2D eigenvalue weighted by molar-refractivity contribution is -0.137. The molecule has 1 atom stereocenters. The van der Waals surface area contributed by atoms with Crippen LogP contribution < -0.4 is 10.6 Å². The fraction of sp³-hybridized carbons (Fsp3) is 0.538. The highest BCUT2D eigenvalue weighted by atomic mass is 19.4. The van der Waals surface area contributed by atoms with Gasteiger partial charge in [-0.05, 0) is 43.1 Å². The van der Waals surface area contributed by atoms with Crippen LogP contribution in [0.4, 0.5) is 18.9 Å². The zero-order chi connectivity index (χ0) is 13.3. The van der Waals surface area contributed by atoms with Crippen molar-refractivity contribution in [3.05, 3.63) is 29.3 Å². The molecule has 0 bridgehead atoms. The molecule has 5 heteroatoms. The molecule has 1 aromatic rings. The standard InChI is InChI=1S/C13H17F3N2/c1-18-8-9(3-2-6-17)11-7-10(13(14,15)16)4-5-12(11)18/h4-5,7,9H,2-3,6,8,17H2,1H3. The van der Waals surface area contributed by atoms with Gasteiger partial charge in [0.25, 0.3) is 0 Å². The molecule has 1 aliphatic heterocycles. The summed E-state index contributed by atoms with van der Waals surface area (Å²) in [6.45, 7) is 1.35. The molecule has 1 unspecified atom stereocenters. The molecule has 0 saturated heterocycles. The Hall–Kier alpha value is -1.23. The minimum atomic E-state index is -4.27. The third-order valence-electron chi connectivity index (χ3n) is 3.46. The normalized spacial score (nSPS) is 19.2. The molecular weight excluding hydrogens is 241 g/mol. The zero-order valence-electron chi connectivity index (χ0n) is 10.3. The van der Waals surface area contributed by atoms with Gasteiger partial charge >= 0.3 is 6.18 Å². The summed E-state index contributed by atoms with van der Waals surface area (Å²) >= 11 is 0. The van der Waals surface area contributed by atoms with Crippen molar-refractivity contribution >= 4 is 5.69 Å². The molecule has 1 aliphatic rings. The van der Waals surface area contributed by atoms with Gasteiger partial charge in [0.05, 0.1) is 5.56 Å². The third-order valence-corrected chi connectivity index (χ3v) is 3.46. The van der Waals surface area contributed by atoms with Crippen LogP contribution in [0.5, 0.6) is 0 Å². The number of benzene rings is 1. The number of nitrogens with zero attached hydrogens (tertiary/aromatic N) is 1. The number of rotatable bonds is 3. The average molecular weight is 258 g/mol. The van der Waals surface area contributed by atoms with E-state index in [-0.39, 0.29) is 5.92 Å². The van der Waals surface area contributed by atoms with Crippen LogP contribution in [-0.4, -0.2) is 20.1 Å². The molecule has 0 saturated carbocycles. The maximum Gasteiger partial charge on any atom is 0.416 e. The molecule has 1 aromatic carbocycles. The Kier molecular flexibility index (Phi) is 3.52. The third kappa shape index (κ3) is 2.46. The van der Waals surface area contributed by atoms with Crippen LogP contribution in [0.15, 0.2) is 18.2 Å². The SMILES string of the molecule is CN1CC(CCCN)c2cc(C(F)(F)F)ccc21. The Balaban J connectivity index is 2.31. The molecule has 0 aromatic heterocycles. The first-order valence-electron chi connectivity index (χ1n) is 6.06. The van der Waals surface area contributed by atoms with Gasteiger partial charge in [0, 0.05) is 25.2 Å². The highest BCUT2D eigenvalue weighted by molar-refractivity contribution is 5.61. The van der Waals surface area contributed by atoms with Crippen LogP contribution in [0.3, 0.4) is 0 Å². The molecule has 0 fully saturated rings. The number of alkyl halides is 3. The molecule has 0 radical (unpaired) electrons. The van der Waals surface area contributed by atoms with E-state index in [0.29, 0.717) is 6.54 Å². The predicted molar refractivity (Wildman–Crippen MR) is 65.7 cm³/mol. The summed E-state index contributed by atoms with van der Waals surface area (Å²) in [6.07, 6.45) is -2.59. The van der Waals surface area contributed by atoms with Crippen molar-refractivity contribution in [2.75, 3.05) is 25.0 Å². The summed E-state index contributed by atoms with van der Waals surface area (Å²) in [5, 5.41) is 0. The molecule has 2 nitrogen and oxygen atoms in total. The van der Waals surface area contributed by atoms with E-state index >= 15 is 0 Å². The quantitative estimate of drug-likeness (QED) is 0.903. The minimum Gasteiger partial charge on any atom is -0.374 e. The van der Waals surface area contributed by atoms with Gasteiger partial charge in [0.2, 0.25) is 0 Å². The highest BCUT2D eigenvalue weighted by Crippen LogP contribution is 2.41. The number of anilines is 1. The van der Waals surface area contributed by atoms with E-state index in [1.165, 1.54) is 6.07 Å². The Bertz CT molecular complexity index is 429. The summed E-state index contributed by atoms with van der Waals surface area (Å²) in [5.41, 5.74) is 6.62. The lowest BCUT2D eigenvalue weighted by Crippen LogP contribution is -2.15. The van der Waals surface area contributed by atoms with Gasteiger partial charge in [-0.25, -0.2) is 0 Å². The molecule has 18 heavy (non-hydrogen) atoms. The topological polar surface area (TPSA) is 29.3 Å². The van der Waals surface area contributed by atoms with Crippen molar-refractivity contribution in [2.45, 2.75) is 24.9 Å². The van der Waals surface area contributed by atoms with Crippen LogP contribution in [0.25, 0.3) is 0 Å². The summed E-state index contributed by atoms with van der Waals surface area (Å²) in [4.78, 5) is 2.01. The van der Waals surface area contributed by atoms with E-state index in [4.69, 9.17) is 5.73 Å². The second kappa shape index (κ2) is 4.80. The molecular formula is C13H17F3N2. The van der Waals surface area contributed by atoms with Gasteiger partial charge in [-0.15, -0.1) is 0 Å². The average Bonchev–Trinajstić information content (AvgIpc) is 2.62. The van der Waals surface area contributed by atoms with Crippen molar-refractivity contribution < 1.29 is 13.2 Å². The number of fused-ring (bicyclic) bond motifs is 1. The fourth-order valence-electron chi connectivity index (χ4n) is 2.54. The van der Waals surface area contributed by atoms with E-state index < -0.39 is 11.7 Å². The van der Waals surface area contributed by atoms with Crippen molar-refractivity contribution in [1.29, 1.82) is 0 Å². The van der Waals surface area contributed by atoms with Gasteiger partial charge in [-0.2, -0.15) is 13.2 Å². The number of hydrogen-bond donors (Lipinski definition) is 1. The largest absolute Gasteiger partial charge is 0.416 e. The minimum absolute atomic E-state index is 0.163. The molecule has 2 rings (SSSR count). The van der Waals surface area contributed by atoms with Crippen LogP contribution in [0.2, 0.25) is 0 Å². The first-order valence-corrected chi connectivity index (χ1v) is 6.06. The van der Waals surface area contributed by atoms with Crippen molar-refractivity contribution in [3.8, 4) is 0 Å². The maximum atomic E-state index is 12.7. The summed E-state index contributed by atoms with van der Waals surface area (Å²) in [5.74, 6) is 0.163. The molecule has 2 N–H and O–H groups in total. The van der Waals surface area contributed by atoms with Crippen LogP contribution in [-0.2, 0) is 6.18 Å². The Labute approximate surface area is 105 Å². The zero-order valence-corrected chi connectivity index (χ0v) is 10.3. The van der Waals surface area contributed by atoms with Crippen LogP contribution >= 0.6 is 0 Å². The van der Waals surface area contributed by atoms with Crippen LogP contribution in [0, 0.1) is 0 Å². The first kappa shape index (κ1) is 13.2. The lowest BCUT2D eigenvalue weighted by atomic mass is 9.95. The Morgan fingerprint density at radius 2 is 2.11 bits per heavy atom. The van der Waals surface area contributed by atoms with E-state index in [0.717, 1.165) is 36.7 Å². The molecule has 0 amide bonds. The second-order valence-electron chi connectivity index (χ2n) is 4.78. The number of hydrogen-bond acceptors (Lipinski definition) is 2. The lowest BCUT2D eigenvalue weighted by Gasteiger charge is -2.13. The molecule has 0 spiro atoms. The van der Waals surface area contributed by atoms with Crippen molar-refractivity contribution in [1.82, 2.24) is 0 Å².